The first-order valence-corrected chi connectivity index (χ1v) is 4.69. The van der Waals surface area contributed by atoms with Crippen LogP contribution in [0.5, 0.6) is 0 Å². The number of nitro benzene ring substituents is 1. The Morgan fingerprint density at radius 3 is 2.94 bits per heavy atom. The van der Waals surface area contributed by atoms with Crippen molar-refractivity contribution in [3.05, 3.63) is 46.3 Å². The van der Waals surface area contributed by atoms with Crippen LogP contribution in [0, 0.1) is 15.9 Å². The number of H-pyrrole nitrogens is 1. The number of benzene rings is 1. The first-order valence-electron chi connectivity index (χ1n) is 4.69. The molecule has 17 heavy (non-hydrogen) atoms. The van der Waals surface area contributed by atoms with Gasteiger partial charge in [0.2, 0.25) is 0 Å². The summed E-state index contributed by atoms with van der Waals surface area (Å²) in [5.74, 6) is -0.138. The van der Waals surface area contributed by atoms with E-state index in [1.54, 1.807) is 0 Å². The largest absolute Gasteiger partial charge is 0.375 e. The van der Waals surface area contributed by atoms with Crippen molar-refractivity contribution in [1.29, 1.82) is 0 Å². The van der Waals surface area contributed by atoms with E-state index in [0.29, 0.717) is 5.82 Å². The third-order valence-electron chi connectivity index (χ3n) is 2.07. The van der Waals surface area contributed by atoms with Gasteiger partial charge in [0, 0.05) is 6.07 Å². The molecule has 0 atom stereocenters. The molecule has 0 saturated carbocycles. The van der Waals surface area contributed by atoms with E-state index in [4.69, 9.17) is 0 Å². The average molecular weight is 237 g/mol. The summed E-state index contributed by atoms with van der Waals surface area (Å²) in [4.78, 5) is 13.6. The molecule has 0 fully saturated rings. The molecule has 0 spiro atoms. The summed E-state index contributed by atoms with van der Waals surface area (Å²) in [5.41, 5.74) is -0.111. The first kappa shape index (κ1) is 11.0. The molecule has 1 aromatic carbocycles. The lowest BCUT2D eigenvalue weighted by Gasteiger charge is -2.04. The van der Waals surface area contributed by atoms with Gasteiger partial charge in [0.1, 0.15) is 12.2 Å². The van der Waals surface area contributed by atoms with E-state index in [1.807, 2.05) is 0 Å². The van der Waals surface area contributed by atoms with Crippen molar-refractivity contribution in [3.63, 3.8) is 0 Å². The van der Waals surface area contributed by atoms with Crippen LogP contribution in [-0.4, -0.2) is 20.1 Å². The maximum Gasteiger partial charge on any atom is 0.272 e. The molecule has 0 aliphatic carbocycles. The van der Waals surface area contributed by atoms with E-state index >= 15 is 0 Å². The van der Waals surface area contributed by atoms with Crippen molar-refractivity contribution in [2.75, 3.05) is 5.32 Å². The van der Waals surface area contributed by atoms with Crippen molar-refractivity contribution >= 4 is 11.4 Å². The van der Waals surface area contributed by atoms with Crippen LogP contribution in [-0.2, 0) is 6.54 Å². The maximum absolute atomic E-state index is 13.4. The molecule has 2 rings (SSSR count). The highest BCUT2D eigenvalue weighted by Crippen LogP contribution is 2.20. The molecule has 0 aliphatic heterocycles. The molecule has 0 saturated heterocycles. The lowest BCUT2D eigenvalue weighted by Crippen LogP contribution is -2.03. The van der Waals surface area contributed by atoms with Gasteiger partial charge < -0.3 is 5.32 Å². The molecule has 88 valence electrons. The minimum absolute atomic E-state index is 0.173. The number of anilines is 1. The second kappa shape index (κ2) is 4.56. The fourth-order valence-electron chi connectivity index (χ4n) is 1.26. The van der Waals surface area contributed by atoms with Gasteiger partial charge in [-0.15, -0.1) is 0 Å². The molecule has 7 nitrogen and oxygen atoms in total. The summed E-state index contributed by atoms with van der Waals surface area (Å²) in [5, 5.41) is 19.4. The van der Waals surface area contributed by atoms with Crippen molar-refractivity contribution < 1.29 is 9.31 Å². The second-order valence-electron chi connectivity index (χ2n) is 3.21. The number of hydrogen-bond acceptors (Lipinski definition) is 5. The van der Waals surface area contributed by atoms with E-state index in [9.17, 15) is 14.5 Å². The van der Waals surface area contributed by atoms with Gasteiger partial charge in [-0.3, -0.25) is 15.2 Å². The minimum Gasteiger partial charge on any atom is -0.375 e. The number of nitrogens with one attached hydrogen (secondary N) is 2. The van der Waals surface area contributed by atoms with Gasteiger partial charge in [-0.05, 0) is 6.07 Å². The van der Waals surface area contributed by atoms with Crippen molar-refractivity contribution in [2.24, 2.45) is 0 Å². The van der Waals surface area contributed by atoms with Gasteiger partial charge in [0.25, 0.3) is 5.69 Å². The van der Waals surface area contributed by atoms with Crippen LogP contribution >= 0.6 is 0 Å². The highest BCUT2D eigenvalue weighted by molar-refractivity contribution is 5.50. The molecule has 0 radical (unpaired) electrons. The van der Waals surface area contributed by atoms with Gasteiger partial charge in [0.15, 0.2) is 5.82 Å². The number of nitro groups is 1. The van der Waals surface area contributed by atoms with Crippen LogP contribution in [0.2, 0.25) is 0 Å². The summed E-state index contributed by atoms with van der Waals surface area (Å²) < 4.78 is 13.4. The van der Waals surface area contributed by atoms with Gasteiger partial charge >= 0.3 is 0 Å². The SMILES string of the molecule is O=[N+]([O-])c1ccc(NCc2ncn[nH]2)c(F)c1. The highest BCUT2D eigenvalue weighted by atomic mass is 19.1. The molecule has 0 amide bonds. The number of nitrogens with zero attached hydrogens (tertiary/aromatic N) is 3. The predicted molar refractivity (Wildman–Crippen MR) is 56.8 cm³/mol. The Morgan fingerprint density at radius 1 is 1.53 bits per heavy atom. The van der Waals surface area contributed by atoms with E-state index in [1.165, 1.54) is 18.5 Å². The Labute approximate surface area is 94.8 Å². The predicted octanol–water partition coefficient (Wildman–Crippen LogP) is 1.46. The molecule has 2 N–H and O–H groups in total. The number of hydrogen-bond donors (Lipinski definition) is 2. The Morgan fingerprint density at radius 2 is 2.35 bits per heavy atom. The lowest BCUT2D eigenvalue weighted by molar-refractivity contribution is -0.385. The monoisotopic (exact) mass is 237 g/mol. The van der Waals surface area contributed by atoms with Crippen LogP contribution in [0.25, 0.3) is 0 Å². The number of aromatic nitrogens is 3. The summed E-state index contributed by atoms with van der Waals surface area (Å²) in [7, 11) is 0. The van der Waals surface area contributed by atoms with Gasteiger partial charge in [0.05, 0.1) is 23.2 Å². The maximum atomic E-state index is 13.4. The summed E-state index contributed by atoms with van der Waals surface area (Å²) in [6, 6.07) is 3.40. The number of halogens is 1. The fourth-order valence-corrected chi connectivity index (χ4v) is 1.26. The van der Waals surface area contributed by atoms with E-state index in [0.717, 1.165) is 6.07 Å². The van der Waals surface area contributed by atoms with E-state index in [2.05, 4.69) is 20.5 Å². The van der Waals surface area contributed by atoms with Gasteiger partial charge in [-0.1, -0.05) is 0 Å². The number of rotatable bonds is 4. The molecule has 0 aliphatic rings. The normalized spacial score (nSPS) is 10.2. The summed E-state index contributed by atoms with van der Waals surface area (Å²) in [6.45, 7) is 0.259. The van der Waals surface area contributed by atoms with E-state index < -0.39 is 10.7 Å². The second-order valence-corrected chi connectivity index (χ2v) is 3.21. The average Bonchev–Trinajstić information content (AvgIpc) is 2.80. The van der Waals surface area contributed by atoms with Crippen molar-refractivity contribution in [1.82, 2.24) is 15.2 Å². The summed E-state index contributed by atoms with van der Waals surface area (Å²) >= 11 is 0. The fraction of sp³-hybridized carbons (Fsp3) is 0.111. The first-order chi connectivity index (χ1) is 8.16. The lowest BCUT2D eigenvalue weighted by atomic mass is 10.2. The van der Waals surface area contributed by atoms with Gasteiger partial charge in [-0.2, -0.15) is 5.10 Å². The summed E-state index contributed by atoms with van der Waals surface area (Å²) in [6.07, 6.45) is 1.34. The van der Waals surface area contributed by atoms with Crippen molar-refractivity contribution in [2.45, 2.75) is 6.54 Å². The molecule has 2 aromatic rings. The molecule has 0 bridgehead atoms. The molecular formula is C9H8FN5O2. The zero-order chi connectivity index (χ0) is 12.3. The molecule has 0 unspecified atom stereocenters. The Bertz CT molecular complexity index is 528. The van der Waals surface area contributed by atoms with Crippen molar-refractivity contribution in [3.8, 4) is 0 Å². The van der Waals surface area contributed by atoms with Crippen LogP contribution < -0.4 is 5.32 Å². The quantitative estimate of drug-likeness (QED) is 0.619. The van der Waals surface area contributed by atoms with E-state index in [-0.39, 0.29) is 17.9 Å². The highest BCUT2D eigenvalue weighted by Gasteiger charge is 2.10. The molecule has 8 heteroatoms. The Hall–Kier alpha value is -2.51. The third-order valence-corrected chi connectivity index (χ3v) is 2.07. The van der Waals surface area contributed by atoms with Crippen LogP contribution in [0.4, 0.5) is 15.8 Å². The minimum atomic E-state index is -0.682. The number of non-ortho nitro benzene ring substituents is 1. The number of aromatic amines is 1. The third kappa shape index (κ3) is 2.54. The van der Waals surface area contributed by atoms with Crippen LogP contribution in [0.15, 0.2) is 24.5 Å². The Balaban J connectivity index is 2.09. The topological polar surface area (TPSA) is 96.7 Å². The zero-order valence-electron chi connectivity index (χ0n) is 8.55. The standard InChI is InChI=1S/C9H8FN5O2/c10-7-3-6(15(16)17)1-2-8(7)11-4-9-12-5-13-14-9/h1-3,5,11H,4H2,(H,12,13,14). The van der Waals surface area contributed by atoms with Gasteiger partial charge in [-0.25, -0.2) is 9.37 Å². The van der Waals surface area contributed by atoms with Crippen LogP contribution in [0.3, 0.4) is 0 Å². The smallest absolute Gasteiger partial charge is 0.272 e. The van der Waals surface area contributed by atoms with Crippen LogP contribution in [0.1, 0.15) is 5.82 Å². The molecule has 1 aromatic heterocycles. The molecule has 1 heterocycles. The Kier molecular flexibility index (Phi) is 2.95. The zero-order valence-corrected chi connectivity index (χ0v) is 8.55. The molecular weight excluding hydrogens is 229 g/mol.